The third-order valence-electron chi connectivity index (χ3n) is 6.65. The molecule has 0 bridgehead atoms. The number of nitrogens with zero attached hydrogens (tertiary/aromatic N) is 3. The van der Waals surface area contributed by atoms with Gasteiger partial charge in [-0.15, -0.1) is 11.3 Å². The molecule has 2 fully saturated rings. The highest BCUT2D eigenvalue weighted by atomic mass is 32.1. The molecule has 170 valence electrons. The summed E-state index contributed by atoms with van der Waals surface area (Å²) in [7, 11) is 0. The average Bonchev–Trinajstić information content (AvgIpc) is 3.40. The lowest BCUT2D eigenvalue weighted by Crippen LogP contribution is -2.56. The van der Waals surface area contributed by atoms with Crippen LogP contribution in [0.15, 0.2) is 35.8 Å². The minimum Gasteiger partial charge on any atom is -0.339 e. The zero-order chi connectivity index (χ0) is 22.7. The fourth-order valence-corrected chi connectivity index (χ4v) is 5.62. The van der Waals surface area contributed by atoms with Gasteiger partial charge in [0.25, 0.3) is 11.8 Å². The van der Waals surface area contributed by atoms with Crippen LogP contribution >= 0.6 is 11.3 Å². The lowest BCUT2D eigenvalue weighted by Gasteiger charge is -2.41. The number of thiophene rings is 1. The van der Waals surface area contributed by atoms with Crippen molar-refractivity contribution in [2.24, 2.45) is 5.92 Å². The summed E-state index contributed by atoms with van der Waals surface area (Å²) >= 11 is 1.64. The van der Waals surface area contributed by atoms with Gasteiger partial charge < -0.3 is 10.2 Å². The van der Waals surface area contributed by atoms with Gasteiger partial charge in [-0.3, -0.25) is 19.5 Å². The van der Waals surface area contributed by atoms with E-state index in [0.717, 1.165) is 17.0 Å². The Morgan fingerprint density at radius 2 is 2.03 bits per heavy atom. The number of rotatable bonds is 7. The molecule has 2 aromatic heterocycles. The predicted molar refractivity (Wildman–Crippen MR) is 124 cm³/mol. The molecule has 8 heteroatoms. The normalized spacial score (nSPS) is 21.8. The Hall–Kier alpha value is -2.74. The molecular weight excluding hydrogens is 424 g/mol. The monoisotopic (exact) mass is 454 g/mol. The first-order valence-electron chi connectivity index (χ1n) is 11.3. The van der Waals surface area contributed by atoms with Crippen LogP contribution in [-0.2, 0) is 11.2 Å². The minimum atomic E-state index is -0.859. The number of aromatic nitrogens is 1. The minimum absolute atomic E-state index is 0.0193. The second-order valence-electron chi connectivity index (χ2n) is 8.69. The van der Waals surface area contributed by atoms with Crippen LogP contribution in [0.2, 0.25) is 0 Å². The largest absolute Gasteiger partial charge is 0.339 e. The Balaban J connectivity index is 1.43. The second-order valence-corrected chi connectivity index (χ2v) is 9.72. The Kier molecular flexibility index (Phi) is 6.60. The van der Waals surface area contributed by atoms with Gasteiger partial charge in [-0.25, -0.2) is 4.79 Å². The first kappa shape index (κ1) is 22.5. The van der Waals surface area contributed by atoms with Gasteiger partial charge in [0.2, 0.25) is 0 Å². The first-order chi connectivity index (χ1) is 15.4. The van der Waals surface area contributed by atoms with Crippen molar-refractivity contribution in [3.63, 3.8) is 0 Å². The van der Waals surface area contributed by atoms with Gasteiger partial charge >= 0.3 is 6.03 Å². The maximum Gasteiger partial charge on any atom is 0.325 e. The number of hydrogen-bond donors (Lipinski definition) is 1. The Bertz CT molecular complexity index is 968. The number of pyridine rings is 1. The topological polar surface area (TPSA) is 82.6 Å². The van der Waals surface area contributed by atoms with Crippen LogP contribution in [0.1, 0.15) is 53.5 Å². The van der Waals surface area contributed by atoms with Crippen LogP contribution < -0.4 is 5.32 Å². The number of piperidine rings is 1. The molecule has 1 atom stereocenters. The number of amides is 4. The molecule has 4 amide bonds. The predicted octanol–water partition coefficient (Wildman–Crippen LogP) is 3.64. The molecule has 0 aromatic carbocycles. The van der Waals surface area contributed by atoms with Crippen LogP contribution in [0.5, 0.6) is 0 Å². The van der Waals surface area contributed by atoms with Crippen molar-refractivity contribution in [3.8, 4) is 0 Å². The van der Waals surface area contributed by atoms with Crippen LogP contribution in [0.3, 0.4) is 0 Å². The zero-order valence-electron chi connectivity index (χ0n) is 18.7. The summed E-state index contributed by atoms with van der Waals surface area (Å²) in [5, 5.41) is 5.08. The SMILES string of the molecule is CCCC1(C2CCN(C(=O)c3ccc(C)nc3)CC2)NC(=O)N(CCc2cccs2)C1=O. The molecular formula is C24H30N4O3S. The van der Waals surface area contributed by atoms with E-state index in [-0.39, 0.29) is 23.8 Å². The molecule has 0 aliphatic carbocycles. The summed E-state index contributed by atoms with van der Waals surface area (Å²) < 4.78 is 0. The third kappa shape index (κ3) is 4.28. The number of hydrogen-bond acceptors (Lipinski definition) is 5. The summed E-state index contributed by atoms with van der Waals surface area (Å²) in [5.41, 5.74) is 0.602. The van der Waals surface area contributed by atoms with E-state index in [1.54, 1.807) is 17.5 Å². The fourth-order valence-electron chi connectivity index (χ4n) is 4.92. The summed E-state index contributed by atoms with van der Waals surface area (Å²) in [4.78, 5) is 47.8. The van der Waals surface area contributed by atoms with Gasteiger partial charge in [0, 0.05) is 36.4 Å². The van der Waals surface area contributed by atoms with Gasteiger partial charge in [-0.2, -0.15) is 0 Å². The highest BCUT2D eigenvalue weighted by Gasteiger charge is 2.55. The Morgan fingerprint density at radius 3 is 2.66 bits per heavy atom. The molecule has 0 saturated carbocycles. The quantitative estimate of drug-likeness (QED) is 0.648. The summed E-state index contributed by atoms with van der Waals surface area (Å²) in [6.45, 7) is 5.47. The van der Waals surface area contributed by atoms with E-state index in [2.05, 4.69) is 10.3 Å². The number of nitrogens with one attached hydrogen (secondary N) is 1. The van der Waals surface area contributed by atoms with E-state index < -0.39 is 5.54 Å². The maximum atomic E-state index is 13.5. The van der Waals surface area contributed by atoms with Crippen LogP contribution in [0, 0.1) is 12.8 Å². The smallest absolute Gasteiger partial charge is 0.325 e. The molecule has 4 rings (SSSR count). The Morgan fingerprint density at radius 1 is 1.25 bits per heavy atom. The number of aryl methyl sites for hydroxylation is 1. The van der Waals surface area contributed by atoms with E-state index in [0.29, 0.717) is 50.9 Å². The lowest BCUT2D eigenvalue weighted by molar-refractivity contribution is -0.134. The van der Waals surface area contributed by atoms with Crippen molar-refractivity contribution in [2.75, 3.05) is 19.6 Å². The molecule has 32 heavy (non-hydrogen) atoms. The van der Waals surface area contributed by atoms with Gasteiger partial charge in [-0.05, 0) is 62.1 Å². The molecule has 7 nitrogen and oxygen atoms in total. The van der Waals surface area contributed by atoms with Gasteiger partial charge in [-0.1, -0.05) is 19.4 Å². The molecule has 2 aliphatic rings. The Labute approximate surface area is 192 Å². The average molecular weight is 455 g/mol. The van der Waals surface area contributed by atoms with Crippen molar-refractivity contribution in [1.29, 1.82) is 0 Å². The van der Waals surface area contributed by atoms with E-state index >= 15 is 0 Å². The van der Waals surface area contributed by atoms with Crippen molar-refractivity contribution < 1.29 is 14.4 Å². The summed E-state index contributed by atoms with van der Waals surface area (Å²) in [6.07, 6.45) is 5.10. The van der Waals surface area contributed by atoms with Crippen molar-refractivity contribution >= 4 is 29.2 Å². The highest BCUT2D eigenvalue weighted by molar-refractivity contribution is 7.09. The second kappa shape index (κ2) is 9.40. The number of carbonyl (C=O) groups is 3. The highest BCUT2D eigenvalue weighted by Crippen LogP contribution is 2.37. The third-order valence-corrected chi connectivity index (χ3v) is 7.58. The van der Waals surface area contributed by atoms with Gasteiger partial charge in [0.05, 0.1) is 5.56 Å². The number of urea groups is 1. The molecule has 0 radical (unpaired) electrons. The van der Waals surface area contributed by atoms with Crippen molar-refractivity contribution in [2.45, 2.75) is 51.5 Å². The van der Waals surface area contributed by atoms with Gasteiger partial charge in [0.1, 0.15) is 5.54 Å². The van der Waals surface area contributed by atoms with E-state index in [1.165, 1.54) is 4.90 Å². The number of likely N-dealkylation sites (tertiary alicyclic amines) is 1. The zero-order valence-corrected chi connectivity index (χ0v) is 19.5. The molecule has 2 aromatic rings. The first-order valence-corrected chi connectivity index (χ1v) is 12.2. The molecule has 4 heterocycles. The number of imide groups is 1. The van der Waals surface area contributed by atoms with E-state index in [1.807, 2.05) is 48.4 Å². The van der Waals surface area contributed by atoms with Crippen LogP contribution in [0.4, 0.5) is 4.79 Å². The van der Waals surface area contributed by atoms with Crippen molar-refractivity contribution in [3.05, 3.63) is 52.0 Å². The van der Waals surface area contributed by atoms with E-state index in [9.17, 15) is 14.4 Å². The molecule has 1 N–H and O–H groups in total. The summed E-state index contributed by atoms with van der Waals surface area (Å²) in [6, 6.07) is 7.37. The summed E-state index contributed by atoms with van der Waals surface area (Å²) in [5.74, 6) is -0.112. The van der Waals surface area contributed by atoms with E-state index in [4.69, 9.17) is 0 Å². The van der Waals surface area contributed by atoms with Crippen LogP contribution in [0.25, 0.3) is 0 Å². The lowest BCUT2D eigenvalue weighted by atomic mass is 9.74. The fraction of sp³-hybridized carbons (Fsp3) is 0.500. The molecule has 2 aliphatic heterocycles. The standard InChI is InChI=1S/C24H30N4O3S/c1-3-11-24(22(30)28(23(31)26-24)14-10-20-5-4-15-32-20)19-8-12-27(13-9-19)21(29)18-7-6-17(2)25-16-18/h4-7,15-16,19H,3,8-14H2,1-2H3,(H,26,31). The van der Waals surface area contributed by atoms with Gasteiger partial charge in [0.15, 0.2) is 0 Å². The molecule has 0 spiro atoms. The molecule has 2 saturated heterocycles. The molecule has 1 unspecified atom stereocenters. The maximum absolute atomic E-state index is 13.5. The number of carbonyl (C=O) groups excluding carboxylic acids is 3. The van der Waals surface area contributed by atoms with Crippen LogP contribution in [-0.4, -0.2) is 57.8 Å². The van der Waals surface area contributed by atoms with Crippen molar-refractivity contribution in [1.82, 2.24) is 20.1 Å².